The SMILES string of the molecule is O=S(=O)(c1cccc(Cl)c1)N1CCC(C2C=CCC=C2Cl)CC1. The van der Waals surface area contributed by atoms with Crippen LogP contribution in [-0.2, 0) is 10.0 Å². The zero-order valence-corrected chi connectivity index (χ0v) is 15.0. The third kappa shape index (κ3) is 3.66. The van der Waals surface area contributed by atoms with Crippen molar-refractivity contribution in [1.29, 1.82) is 0 Å². The minimum absolute atomic E-state index is 0.237. The average molecular weight is 372 g/mol. The Morgan fingerprint density at radius 2 is 1.87 bits per heavy atom. The van der Waals surface area contributed by atoms with E-state index in [0.29, 0.717) is 24.0 Å². The van der Waals surface area contributed by atoms with Crippen molar-refractivity contribution < 1.29 is 8.42 Å². The smallest absolute Gasteiger partial charge is 0.207 e. The van der Waals surface area contributed by atoms with Gasteiger partial charge in [-0.15, -0.1) is 0 Å². The summed E-state index contributed by atoms with van der Waals surface area (Å²) in [5, 5.41) is 1.33. The van der Waals surface area contributed by atoms with Crippen LogP contribution in [0.1, 0.15) is 19.3 Å². The fraction of sp³-hybridized carbons (Fsp3) is 0.412. The number of hydrogen-bond donors (Lipinski definition) is 0. The molecule has 0 radical (unpaired) electrons. The minimum atomic E-state index is -3.47. The van der Waals surface area contributed by atoms with Crippen molar-refractivity contribution in [2.75, 3.05) is 13.1 Å². The maximum atomic E-state index is 12.7. The molecule has 1 heterocycles. The largest absolute Gasteiger partial charge is 0.243 e. The maximum Gasteiger partial charge on any atom is 0.243 e. The van der Waals surface area contributed by atoms with Crippen molar-refractivity contribution in [1.82, 2.24) is 4.31 Å². The molecule has 1 atom stereocenters. The van der Waals surface area contributed by atoms with E-state index in [0.717, 1.165) is 24.3 Å². The zero-order chi connectivity index (χ0) is 16.4. The molecule has 1 aliphatic carbocycles. The molecule has 1 fully saturated rings. The van der Waals surface area contributed by atoms with Crippen LogP contribution in [0.3, 0.4) is 0 Å². The molecule has 6 heteroatoms. The lowest BCUT2D eigenvalue weighted by Gasteiger charge is -2.35. The number of sulfonamides is 1. The molecule has 3 nitrogen and oxygen atoms in total. The molecular weight excluding hydrogens is 353 g/mol. The van der Waals surface area contributed by atoms with Crippen LogP contribution < -0.4 is 0 Å². The van der Waals surface area contributed by atoms with Crippen molar-refractivity contribution in [3.8, 4) is 0 Å². The Bertz CT molecular complexity index is 735. The molecule has 0 N–H and O–H groups in total. The van der Waals surface area contributed by atoms with Crippen LogP contribution in [0.2, 0.25) is 5.02 Å². The molecule has 0 saturated carbocycles. The van der Waals surface area contributed by atoms with Crippen molar-refractivity contribution in [3.05, 3.63) is 52.5 Å². The first kappa shape index (κ1) is 17.0. The predicted octanol–water partition coefficient (Wildman–Crippen LogP) is 4.44. The Labute approximate surface area is 147 Å². The van der Waals surface area contributed by atoms with Crippen LogP contribution in [0, 0.1) is 11.8 Å². The normalized spacial score (nSPS) is 23.7. The number of rotatable bonds is 3. The van der Waals surface area contributed by atoms with Gasteiger partial charge in [0, 0.05) is 29.1 Å². The van der Waals surface area contributed by atoms with Crippen LogP contribution in [-0.4, -0.2) is 25.8 Å². The van der Waals surface area contributed by atoms with E-state index >= 15 is 0 Å². The Morgan fingerprint density at radius 1 is 1.13 bits per heavy atom. The van der Waals surface area contributed by atoms with Crippen LogP contribution in [0.5, 0.6) is 0 Å². The lowest BCUT2D eigenvalue weighted by molar-refractivity contribution is 0.248. The summed E-state index contributed by atoms with van der Waals surface area (Å²) in [6.45, 7) is 1.04. The second kappa shape index (κ2) is 6.98. The van der Waals surface area contributed by atoms with Gasteiger partial charge in [-0.2, -0.15) is 4.31 Å². The summed E-state index contributed by atoms with van der Waals surface area (Å²) >= 11 is 12.2. The quantitative estimate of drug-likeness (QED) is 0.736. The van der Waals surface area contributed by atoms with Gasteiger partial charge in [-0.25, -0.2) is 8.42 Å². The summed E-state index contributed by atoms with van der Waals surface area (Å²) in [7, 11) is -3.47. The van der Waals surface area contributed by atoms with E-state index in [9.17, 15) is 8.42 Å². The molecule has 2 aliphatic rings. The van der Waals surface area contributed by atoms with E-state index in [1.165, 1.54) is 6.07 Å². The Kier molecular flexibility index (Phi) is 5.16. The van der Waals surface area contributed by atoms with Gasteiger partial charge in [-0.05, 0) is 43.4 Å². The molecule has 124 valence electrons. The highest BCUT2D eigenvalue weighted by atomic mass is 35.5. The summed E-state index contributed by atoms with van der Waals surface area (Å²) in [5.74, 6) is 0.641. The predicted molar refractivity (Wildman–Crippen MR) is 94.1 cm³/mol. The van der Waals surface area contributed by atoms with E-state index in [2.05, 4.69) is 12.2 Å². The number of piperidine rings is 1. The molecule has 0 bridgehead atoms. The third-order valence-electron chi connectivity index (χ3n) is 4.55. The van der Waals surface area contributed by atoms with Crippen molar-refractivity contribution in [3.63, 3.8) is 0 Å². The topological polar surface area (TPSA) is 37.4 Å². The molecule has 0 amide bonds. The molecule has 1 unspecified atom stereocenters. The highest BCUT2D eigenvalue weighted by molar-refractivity contribution is 7.89. The van der Waals surface area contributed by atoms with E-state index in [4.69, 9.17) is 23.2 Å². The highest BCUT2D eigenvalue weighted by Crippen LogP contribution is 2.36. The number of nitrogens with zero attached hydrogens (tertiary/aromatic N) is 1. The first-order valence-electron chi connectivity index (χ1n) is 7.76. The van der Waals surface area contributed by atoms with Crippen molar-refractivity contribution in [2.45, 2.75) is 24.2 Å². The minimum Gasteiger partial charge on any atom is -0.207 e. The number of benzene rings is 1. The van der Waals surface area contributed by atoms with Gasteiger partial charge in [0.25, 0.3) is 0 Å². The molecule has 1 saturated heterocycles. The standard InChI is InChI=1S/C17H19Cl2NO2S/c18-14-4-3-5-15(12-14)23(21,22)20-10-8-13(9-11-20)16-6-1-2-7-17(16)19/h1,3-7,12-13,16H,2,8-11H2. The van der Waals surface area contributed by atoms with Gasteiger partial charge in [-0.3, -0.25) is 0 Å². The second-order valence-corrected chi connectivity index (χ2v) is 8.79. The molecule has 1 aromatic carbocycles. The second-order valence-electron chi connectivity index (χ2n) is 5.98. The fourth-order valence-corrected chi connectivity index (χ4v) is 5.38. The summed E-state index contributed by atoms with van der Waals surface area (Å²) in [5.41, 5.74) is 0. The zero-order valence-electron chi connectivity index (χ0n) is 12.7. The average Bonchev–Trinajstić information content (AvgIpc) is 2.55. The molecule has 3 rings (SSSR count). The van der Waals surface area contributed by atoms with E-state index in [1.54, 1.807) is 22.5 Å². The Balaban J connectivity index is 1.70. The van der Waals surface area contributed by atoms with E-state index < -0.39 is 10.0 Å². The molecule has 1 aliphatic heterocycles. The molecule has 0 aromatic heterocycles. The summed E-state index contributed by atoms with van der Waals surface area (Å²) in [6, 6.07) is 6.44. The van der Waals surface area contributed by atoms with Crippen molar-refractivity contribution in [2.24, 2.45) is 11.8 Å². The Hall–Kier alpha value is -0.810. The van der Waals surface area contributed by atoms with Gasteiger partial charge in [0.2, 0.25) is 10.0 Å². The van der Waals surface area contributed by atoms with Gasteiger partial charge >= 0.3 is 0 Å². The maximum absolute atomic E-state index is 12.7. The number of halogens is 2. The Morgan fingerprint density at radius 3 is 2.52 bits per heavy atom. The molecule has 0 spiro atoms. The van der Waals surface area contributed by atoms with Gasteiger partial charge in [0.05, 0.1) is 4.90 Å². The molecular formula is C17H19Cl2NO2S. The third-order valence-corrected chi connectivity index (χ3v) is 7.09. The van der Waals surface area contributed by atoms with E-state index in [-0.39, 0.29) is 10.8 Å². The lowest BCUT2D eigenvalue weighted by atomic mass is 9.82. The van der Waals surface area contributed by atoms with Gasteiger partial charge in [-0.1, -0.05) is 47.5 Å². The molecule has 1 aromatic rings. The fourth-order valence-electron chi connectivity index (χ4n) is 3.27. The number of hydrogen-bond acceptors (Lipinski definition) is 2. The van der Waals surface area contributed by atoms with Crippen LogP contribution in [0.15, 0.2) is 52.4 Å². The summed E-state index contributed by atoms with van der Waals surface area (Å²) < 4.78 is 27.0. The summed E-state index contributed by atoms with van der Waals surface area (Å²) in [6.07, 6.45) is 8.86. The van der Waals surface area contributed by atoms with E-state index in [1.807, 2.05) is 6.08 Å². The van der Waals surface area contributed by atoms with Crippen LogP contribution >= 0.6 is 23.2 Å². The van der Waals surface area contributed by atoms with Crippen LogP contribution in [0.25, 0.3) is 0 Å². The summed E-state index contributed by atoms with van der Waals surface area (Å²) in [4.78, 5) is 0.263. The monoisotopic (exact) mass is 371 g/mol. The van der Waals surface area contributed by atoms with Gasteiger partial charge < -0.3 is 0 Å². The van der Waals surface area contributed by atoms with Crippen LogP contribution in [0.4, 0.5) is 0 Å². The highest BCUT2D eigenvalue weighted by Gasteiger charge is 2.33. The van der Waals surface area contributed by atoms with Crippen molar-refractivity contribution >= 4 is 33.2 Å². The lowest BCUT2D eigenvalue weighted by Crippen LogP contribution is -2.40. The molecule has 23 heavy (non-hydrogen) atoms. The van der Waals surface area contributed by atoms with Gasteiger partial charge in [0.1, 0.15) is 0 Å². The number of allylic oxidation sites excluding steroid dienone is 4. The first-order chi connectivity index (χ1) is 11.0. The van der Waals surface area contributed by atoms with Gasteiger partial charge in [0.15, 0.2) is 0 Å². The first-order valence-corrected chi connectivity index (χ1v) is 9.96.